The number of carbonyl (C=O) groups is 4. The number of carboxylic acid groups (broad SMARTS) is 1. The van der Waals surface area contributed by atoms with E-state index in [1.54, 1.807) is 0 Å². The van der Waals surface area contributed by atoms with Crippen LogP contribution >= 0.6 is 0 Å². The van der Waals surface area contributed by atoms with Crippen LogP contribution < -0.4 is 21.7 Å². The number of carbonyl (C=O) groups excluding carboxylic acids is 3. The molecule has 3 amide bonds. The van der Waals surface area contributed by atoms with Crippen LogP contribution in [0.15, 0.2) is 12.5 Å². The summed E-state index contributed by atoms with van der Waals surface area (Å²) in [5, 5.41) is 15.6. The molecule has 0 aromatic carbocycles. The zero-order chi connectivity index (χ0) is 18.1. The lowest BCUT2D eigenvalue weighted by atomic mass is 10.1. The van der Waals surface area contributed by atoms with Crippen molar-refractivity contribution in [1.82, 2.24) is 25.9 Å². The van der Waals surface area contributed by atoms with E-state index < -0.39 is 42.3 Å². The normalized spacial score (nSPS) is 12.8. The van der Waals surface area contributed by atoms with Gasteiger partial charge in [0.15, 0.2) is 0 Å². The molecule has 0 saturated heterocycles. The van der Waals surface area contributed by atoms with Gasteiger partial charge in [-0.25, -0.2) is 4.98 Å². The Labute approximate surface area is 137 Å². The molecule has 2 unspecified atom stereocenters. The molecule has 0 spiro atoms. The highest BCUT2D eigenvalue weighted by molar-refractivity contribution is 5.93. The second-order valence-corrected chi connectivity index (χ2v) is 4.95. The number of hydrogen-bond donors (Lipinski definition) is 6. The van der Waals surface area contributed by atoms with Gasteiger partial charge in [-0.1, -0.05) is 0 Å². The molecule has 0 bridgehead atoms. The fourth-order valence-electron chi connectivity index (χ4n) is 1.77. The number of carboxylic acids is 1. The number of amides is 3. The summed E-state index contributed by atoms with van der Waals surface area (Å²) in [6, 6.07) is -1.94. The highest BCUT2D eigenvalue weighted by Crippen LogP contribution is 2.00. The van der Waals surface area contributed by atoms with Crippen molar-refractivity contribution in [3.05, 3.63) is 18.2 Å². The first-order valence-corrected chi connectivity index (χ1v) is 7.10. The average Bonchev–Trinajstić information content (AvgIpc) is 3.04. The highest BCUT2D eigenvalue weighted by atomic mass is 16.4. The SMILES string of the molecule is CC(NC(=O)CN)C(=O)NC(Cc1cnc[nH]1)C(=O)NCC(=O)O. The van der Waals surface area contributed by atoms with Crippen molar-refractivity contribution in [2.24, 2.45) is 5.73 Å². The molecule has 1 rings (SSSR count). The largest absolute Gasteiger partial charge is 0.480 e. The number of nitrogens with zero attached hydrogens (tertiary/aromatic N) is 1. The Bertz CT molecular complexity index is 588. The van der Waals surface area contributed by atoms with E-state index in [1.807, 2.05) is 0 Å². The van der Waals surface area contributed by atoms with Gasteiger partial charge in [-0.3, -0.25) is 19.2 Å². The van der Waals surface area contributed by atoms with E-state index in [4.69, 9.17) is 10.8 Å². The first kappa shape index (κ1) is 19.1. The summed E-state index contributed by atoms with van der Waals surface area (Å²) < 4.78 is 0. The van der Waals surface area contributed by atoms with Gasteiger partial charge in [-0.05, 0) is 6.92 Å². The summed E-state index contributed by atoms with van der Waals surface area (Å²) in [4.78, 5) is 52.5. The van der Waals surface area contributed by atoms with Crippen molar-refractivity contribution in [2.45, 2.75) is 25.4 Å². The lowest BCUT2D eigenvalue weighted by Crippen LogP contribution is -2.54. The Kier molecular flexibility index (Phi) is 7.36. The smallest absolute Gasteiger partial charge is 0.322 e. The Morgan fingerprint density at radius 3 is 2.54 bits per heavy atom. The topological polar surface area (TPSA) is 179 Å². The zero-order valence-electron chi connectivity index (χ0n) is 13.0. The van der Waals surface area contributed by atoms with Crippen LogP contribution in [-0.4, -0.2) is 63.9 Å². The number of nitrogens with one attached hydrogen (secondary N) is 4. The van der Waals surface area contributed by atoms with Crippen LogP contribution in [0.4, 0.5) is 0 Å². The van der Waals surface area contributed by atoms with Crippen molar-refractivity contribution in [2.75, 3.05) is 13.1 Å². The van der Waals surface area contributed by atoms with Crippen LogP contribution in [0.25, 0.3) is 0 Å². The van der Waals surface area contributed by atoms with Crippen LogP contribution in [0.1, 0.15) is 12.6 Å². The molecule has 1 heterocycles. The van der Waals surface area contributed by atoms with Crippen LogP contribution in [0.2, 0.25) is 0 Å². The van der Waals surface area contributed by atoms with Gasteiger partial charge < -0.3 is 31.8 Å². The predicted octanol–water partition coefficient (Wildman–Crippen LogP) is -2.90. The highest BCUT2D eigenvalue weighted by Gasteiger charge is 2.25. The van der Waals surface area contributed by atoms with E-state index in [1.165, 1.54) is 19.4 Å². The second-order valence-electron chi connectivity index (χ2n) is 4.95. The fourth-order valence-corrected chi connectivity index (χ4v) is 1.77. The monoisotopic (exact) mass is 340 g/mol. The van der Waals surface area contributed by atoms with Crippen molar-refractivity contribution >= 4 is 23.7 Å². The van der Waals surface area contributed by atoms with Crippen molar-refractivity contribution in [1.29, 1.82) is 0 Å². The molecule has 7 N–H and O–H groups in total. The summed E-state index contributed by atoms with van der Waals surface area (Å²) in [6.45, 7) is 0.591. The average molecular weight is 340 g/mol. The lowest BCUT2D eigenvalue weighted by molar-refractivity contribution is -0.138. The first-order valence-electron chi connectivity index (χ1n) is 7.10. The molecule has 1 aromatic rings. The first-order chi connectivity index (χ1) is 11.3. The minimum absolute atomic E-state index is 0.0781. The van der Waals surface area contributed by atoms with Gasteiger partial charge in [0.25, 0.3) is 0 Å². The van der Waals surface area contributed by atoms with Crippen molar-refractivity contribution in [3.63, 3.8) is 0 Å². The molecule has 11 nitrogen and oxygen atoms in total. The van der Waals surface area contributed by atoms with Crippen LogP contribution in [0.5, 0.6) is 0 Å². The summed E-state index contributed by atoms with van der Waals surface area (Å²) >= 11 is 0. The van der Waals surface area contributed by atoms with E-state index in [2.05, 4.69) is 25.9 Å². The Morgan fingerprint density at radius 1 is 1.29 bits per heavy atom. The quantitative estimate of drug-likeness (QED) is 0.279. The van der Waals surface area contributed by atoms with Gasteiger partial charge in [-0.2, -0.15) is 0 Å². The summed E-state index contributed by atoms with van der Waals surface area (Å²) in [5.74, 6) is -3.00. The standard InChI is InChI=1S/C13H20N6O5/c1-7(18-10(20)3-14)12(23)19-9(2-8-4-15-6-17-8)13(24)16-5-11(21)22/h4,6-7,9H,2-3,5,14H2,1H3,(H,15,17)(H,16,24)(H,18,20)(H,19,23)(H,21,22). The maximum Gasteiger partial charge on any atom is 0.322 e. The number of imidazole rings is 1. The van der Waals surface area contributed by atoms with Crippen LogP contribution in [0, 0.1) is 0 Å². The molecular formula is C13H20N6O5. The molecular weight excluding hydrogens is 320 g/mol. The maximum atomic E-state index is 12.1. The molecule has 0 aliphatic rings. The summed E-state index contributed by atoms with van der Waals surface area (Å²) in [7, 11) is 0. The number of aromatic amines is 1. The molecule has 1 aromatic heterocycles. The third-order valence-electron chi connectivity index (χ3n) is 2.98. The number of rotatable bonds is 9. The van der Waals surface area contributed by atoms with Gasteiger partial charge in [0.05, 0.1) is 12.9 Å². The molecule has 24 heavy (non-hydrogen) atoms. The Morgan fingerprint density at radius 2 is 2.00 bits per heavy atom. The fraction of sp³-hybridized carbons (Fsp3) is 0.462. The summed E-state index contributed by atoms with van der Waals surface area (Å²) in [6.07, 6.45) is 2.96. The summed E-state index contributed by atoms with van der Waals surface area (Å²) in [5.41, 5.74) is 5.73. The van der Waals surface area contributed by atoms with E-state index in [-0.39, 0.29) is 13.0 Å². The molecule has 11 heteroatoms. The van der Waals surface area contributed by atoms with E-state index in [0.717, 1.165) is 0 Å². The molecule has 0 aliphatic carbocycles. The lowest BCUT2D eigenvalue weighted by Gasteiger charge is -2.20. The maximum absolute atomic E-state index is 12.1. The minimum Gasteiger partial charge on any atom is -0.480 e. The molecule has 132 valence electrons. The van der Waals surface area contributed by atoms with Crippen LogP contribution in [-0.2, 0) is 25.6 Å². The minimum atomic E-state index is -1.21. The molecule has 0 aliphatic heterocycles. The predicted molar refractivity (Wildman–Crippen MR) is 81.5 cm³/mol. The third-order valence-corrected chi connectivity index (χ3v) is 2.98. The van der Waals surface area contributed by atoms with Crippen molar-refractivity contribution in [3.8, 4) is 0 Å². The Hall–Kier alpha value is -2.95. The van der Waals surface area contributed by atoms with Crippen LogP contribution in [0.3, 0.4) is 0 Å². The molecule has 0 saturated carbocycles. The zero-order valence-corrected chi connectivity index (χ0v) is 13.0. The van der Waals surface area contributed by atoms with E-state index >= 15 is 0 Å². The molecule has 0 fully saturated rings. The Balaban J connectivity index is 2.72. The molecule has 0 radical (unpaired) electrons. The van der Waals surface area contributed by atoms with E-state index in [9.17, 15) is 19.2 Å². The van der Waals surface area contributed by atoms with Gasteiger partial charge >= 0.3 is 5.97 Å². The van der Waals surface area contributed by atoms with Gasteiger partial charge in [-0.15, -0.1) is 0 Å². The van der Waals surface area contributed by atoms with Gasteiger partial charge in [0.2, 0.25) is 17.7 Å². The number of nitrogens with two attached hydrogens (primary N) is 1. The van der Waals surface area contributed by atoms with E-state index in [0.29, 0.717) is 5.69 Å². The van der Waals surface area contributed by atoms with Gasteiger partial charge in [0, 0.05) is 18.3 Å². The molecule has 2 atom stereocenters. The number of H-pyrrole nitrogens is 1. The second kappa shape index (κ2) is 9.25. The van der Waals surface area contributed by atoms with Crippen molar-refractivity contribution < 1.29 is 24.3 Å². The number of aliphatic carboxylic acids is 1. The third kappa shape index (κ3) is 6.44. The number of hydrogen-bond acceptors (Lipinski definition) is 6. The number of aromatic nitrogens is 2. The van der Waals surface area contributed by atoms with Gasteiger partial charge in [0.1, 0.15) is 18.6 Å².